The third kappa shape index (κ3) is 1.56. The number of imide groups is 1. The summed E-state index contributed by atoms with van der Waals surface area (Å²) in [6, 6.07) is 8.40. The number of hydrogen-bond donors (Lipinski definition) is 0. The zero-order chi connectivity index (χ0) is 14.4. The first-order valence-corrected chi connectivity index (χ1v) is 5.95. The molecule has 100 valence electrons. The Kier molecular flexibility index (Phi) is 2.64. The molecule has 2 amide bonds. The summed E-state index contributed by atoms with van der Waals surface area (Å²) in [4.78, 5) is 24.9. The number of amides is 2. The minimum atomic E-state index is -0.942. The SMILES string of the molecule is Cc1ccc(F)c(N2C(=O)c3ccccc3C2=O)c1F. The molecule has 1 aliphatic rings. The zero-order valence-electron chi connectivity index (χ0n) is 10.5. The monoisotopic (exact) mass is 273 g/mol. The molecule has 0 unspecified atom stereocenters. The first-order valence-electron chi connectivity index (χ1n) is 5.95. The lowest BCUT2D eigenvalue weighted by atomic mass is 10.1. The van der Waals surface area contributed by atoms with Crippen LogP contribution >= 0.6 is 0 Å². The van der Waals surface area contributed by atoms with Gasteiger partial charge >= 0.3 is 0 Å². The van der Waals surface area contributed by atoms with Crippen molar-refractivity contribution in [3.8, 4) is 0 Å². The maximum atomic E-state index is 14.1. The van der Waals surface area contributed by atoms with Gasteiger partial charge in [0.05, 0.1) is 11.1 Å². The van der Waals surface area contributed by atoms with Crippen LogP contribution < -0.4 is 4.90 Å². The van der Waals surface area contributed by atoms with E-state index in [-0.39, 0.29) is 16.7 Å². The van der Waals surface area contributed by atoms with Gasteiger partial charge in [-0.2, -0.15) is 0 Å². The summed E-state index contributed by atoms with van der Waals surface area (Å²) in [5.41, 5.74) is -0.148. The van der Waals surface area contributed by atoms with E-state index in [9.17, 15) is 18.4 Å². The molecule has 1 aliphatic heterocycles. The highest BCUT2D eigenvalue weighted by molar-refractivity contribution is 6.34. The maximum Gasteiger partial charge on any atom is 0.266 e. The number of carbonyl (C=O) groups excluding carboxylic acids is 2. The lowest BCUT2D eigenvalue weighted by molar-refractivity contribution is 0.0923. The summed E-state index contributed by atoms with van der Waals surface area (Å²) >= 11 is 0. The summed E-state index contributed by atoms with van der Waals surface area (Å²) in [5, 5.41) is 0. The van der Waals surface area contributed by atoms with Gasteiger partial charge in [0.2, 0.25) is 0 Å². The van der Waals surface area contributed by atoms with Crippen LogP contribution in [0.2, 0.25) is 0 Å². The molecule has 2 aromatic carbocycles. The Morgan fingerprint density at radius 1 is 0.900 bits per heavy atom. The molecule has 20 heavy (non-hydrogen) atoms. The Labute approximate surface area is 113 Å². The van der Waals surface area contributed by atoms with Crippen molar-refractivity contribution in [1.82, 2.24) is 0 Å². The van der Waals surface area contributed by atoms with Crippen LogP contribution in [0, 0.1) is 18.6 Å². The fourth-order valence-electron chi connectivity index (χ4n) is 2.24. The van der Waals surface area contributed by atoms with Crippen LogP contribution in [0.1, 0.15) is 26.3 Å². The number of benzene rings is 2. The molecule has 0 bridgehead atoms. The predicted octanol–water partition coefficient (Wildman–Crippen LogP) is 3.07. The molecule has 1 heterocycles. The van der Waals surface area contributed by atoms with Gasteiger partial charge in [-0.05, 0) is 30.7 Å². The largest absolute Gasteiger partial charge is 0.268 e. The van der Waals surface area contributed by atoms with Crippen molar-refractivity contribution >= 4 is 17.5 Å². The summed E-state index contributed by atoms with van der Waals surface area (Å²) in [5.74, 6) is -3.27. The van der Waals surface area contributed by atoms with Crippen LogP contribution in [-0.4, -0.2) is 11.8 Å². The summed E-state index contributed by atoms with van der Waals surface area (Å²) < 4.78 is 28.0. The standard InChI is InChI=1S/C15H9F2NO2/c1-8-6-7-11(16)13(12(8)17)18-14(19)9-4-2-3-5-10(9)15(18)20/h2-7H,1H3. The second-order valence-electron chi connectivity index (χ2n) is 4.52. The number of aryl methyl sites for hydroxylation is 1. The van der Waals surface area contributed by atoms with Gasteiger partial charge in [-0.25, -0.2) is 13.7 Å². The number of hydrogen-bond acceptors (Lipinski definition) is 2. The fourth-order valence-corrected chi connectivity index (χ4v) is 2.24. The number of halogens is 2. The second kappa shape index (κ2) is 4.23. The minimum Gasteiger partial charge on any atom is -0.268 e. The van der Waals surface area contributed by atoms with Gasteiger partial charge < -0.3 is 0 Å². The highest BCUT2D eigenvalue weighted by Crippen LogP contribution is 2.33. The van der Waals surface area contributed by atoms with Crippen LogP contribution in [0.25, 0.3) is 0 Å². The van der Waals surface area contributed by atoms with Crippen molar-refractivity contribution in [3.63, 3.8) is 0 Å². The van der Waals surface area contributed by atoms with Crippen LogP contribution in [0.15, 0.2) is 36.4 Å². The molecular formula is C15H9F2NO2. The van der Waals surface area contributed by atoms with E-state index in [1.807, 2.05) is 0 Å². The van der Waals surface area contributed by atoms with Gasteiger partial charge in [-0.15, -0.1) is 0 Å². The highest BCUT2D eigenvalue weighted by atomic mass is 19.1. The van der Waals surface area contributed by atoms with E-state index >= 15 is 0 Å². The first kappa shape index (κ1) is 12.5. The van der Waals surface area contributed by atoms with Crippen molar-refractivity contribution < 1.29 is 18.4 Å². The maximum absolute atomic E-state index is 14.1. The van der Waals surface area contributed by atoms with Crippen LogP contribution in [-0.2, 0) is 0 Å². The molecule has 3 rings (SSSR count). The molecule has 0 aromatic heterocycles. The predicted molar refractivity (Wildman–Crippen MR) is 68.7 cm³/mol. The smallest absolute Gasteiger partial charge is 0.266 e. The molecule has 5 heteroatoms. The van der Waals surface area contributed by atoms with Crippen molar-refractivity contribution in [2.24, 2.45) is 0 Å². The minimum absolute atomic E-state index is 0.151. The topological polar surface area (TPSA) is 37.4 Å². The van der Waals surface area contributed by atoms with Gasteiger partial charge in [0.1, 0.15) is 11.5 Å². The lowest BCUT2D eigenvalue weighted by Crippen LogP contribution is -2.31. The number of anilines is 1. The van der Waals surface area contributed by atoms with E-state index in [0.29, 0.717) is 4.90 Å². The van der Waals surface area contributed by atoms with Gasteiger partial charge in [0.25, 0.3) is 11.8 Å². The Morgan fingerprint density at radius 3 is 2.00 bits per heavy atom. The van der Waals surface area contributed by atoms with Crippen molar-refractivity contribution in [2.45, 2.75) is 6.92 Å². The molecule has 0 saturated heterocycles. The molecule has 0 radical (unpaired) electrons. The van der Waals surface area contributed by atoms with E-state index in [4.69, 9.17) is 0 Å². The third-order valence-corrected chi connectivity index (χ3v) is 3.28. The van der Waals surface area contributed by atoms with Gasteiger partial charge in [-0.1, -0.05) is 18.2 Å². The molecule has 0 aliphatic carbocycles. The van der Waals surface area contributed by atoms with Crippen LogP contribution in [0.4, 0.5) is 14.5 Å². The average Bonchev–Trinajstić information content (AvgIpc) is 2.69. The Bertz CT molecular complexity index is 721. The Hall–Kier alpha value is -2.56. The van der Waals surface area contributed by atoms with Crippen LogP contribution in [0.5, 0.6) is 0 Å². The highest BCUT2D eigenvalue weighted by Gasteiger charge is 2.39. The third-order valence-electron chi connectivity index (χ3n) is 3.28. The lowest BCUT2D eigenvalue weighted by Gasteiger charge is -2.16. The quantitative estimate of drug-likeness (QED) is 0.749. The molecule has 2 aromatic rings. The Morgan fingerprint density at radius 2 is 1.45 bits per heavy atom. The van der Waals surface area contributed by atoms with Crippen molar-refractivity contribution in [3.05, 3.63) is 64.7 Å². The normalized spacial score (nSPS) is 13.8. The summed E-state index contributed by atoms with van der Waals surface area (Å²) in [6.45, 7) is 1.44. The van der Waals surface area contributed by atoms with Crippen LogP contribution in [0.3, 0.4) is 0 Å². The number of nitrogens with zero attached hydrogens (tertiary/aromatic N) is 1. The van der Waals surface area contributed by atoms with E-state index in [2.05, 4.69) is 0 Å². The van der Waals surface area contributed by atoms with Crippen molar-refractivity contribution in [2.75, 3.05) is 4.90 Å². The number of fused-ring (bicyclic) bond motifs is 1. The molecule has 3 nitrogen and oxygen atoms in total. The van der Waals surface area contributed by atoms with Gasteiger partial charge in [0, 0.05) is 0 Å². The molecule has 0 fully saturated rings. The molecule has 0 N–H and O–H groups in total. The summed E-state index contributed by atoms with van der Waals surface area (Å²) in [6.07, 6.45) is 0. The van der Waals surface area contributed by atoms with Gasteiger partial charge in [-0.3, -0.25) is 9.59 Å². The Balaban J connectivity index is 2.22. The number of carbonyl (C=O) groups is 2. The summed E-state index contributed by atoms with van der Waals surface area (Å²) in [7, 11) is 0. The van der Waals surface area contributed by atoms with E-state index in [1.165, 1.54) is 25.1 Å². The van der Waals surface area contributed by atoms with Crippen molar-refractivity contribution in [1.29, 1.82) is 0 Å². The average molecular weight is 273 g/mol. The number of rotatable bonds is 1. The fraction of sp³-hybridized carbons (Fsp3) is 0.0667. The molecular weight excluding hydrogens is 264 g/mol. The second-order valence-corrected chi connectivity index (χ2v) is 4.52. The molecule has 0 atom stereocenters. The first-order chi connectivity index (χ1) is 9.52. The van der Waals surface area contributed by atoms with E-state index in [0.717, 1.165) is 6.07 Å². The van der Waals surface area contributed by atoms with E-state index < -0.39 is 29.1 Å². The molecule has 0 saturated carbocycles. The van der Waals surface area contributed by atoms with Gasteiger partial charge in [0.15, 0.2) is 5.82 Å². The molecule has 0 spiro atoms. The van der Waals surface area contributed by atoms with E-state index in [1.54, 1.807) is 12.1 Å². The zero-order valence-corrected chi connectivity index (χ0v) is 10.5.